The van der Waals surface area contributed by atoms with Crippen molar-refractivity contribution in [2.75, 3.05) is 5.32 Å². The van der Waals surface area contributed by atoms with Gasteiger partial charge in [-0.15, -0.1) is 11.3 Å². The van der Waals surface area contributed by atoms with Gasteiger partial charge in [0.25, 0.3) is 0 Å². The summed E-state index contributed by atoms with van der Waals surface area (Å²) in [7, 11) is 0. The van der Waals surface area contributed by atoms with Gasteiger partial charge in [-0.25, -0.2) is 0 Å². The summed E-state index contributed by atoms with van der Waals surface area (Å²) >= 11 is 9.84. The van der Waals surface area contributed by atoms with Gasteiger partial charge in [-0.2, -0.15) is 0 Å². The number of hydrogen-bond donors (Lipinski definition) is 1. The van der Waals surface area contributed by atoms with Crippen molar-refractivity contribution in [2.45, 2.75) is 13.0 Å². The monoisotopic (exact) mass is 363 g/mol. The van der Waals surface area contributed by atoms with E-state index in [1.54, 1.807) is 11.3 Å². The topological polar surface area (TPSA) is 12.0 Å². The van der Waals surface area contributed by atoms with Crippen LogP contribution in [0, 0.1) is 3.57 Å². The molecule has 16 heavy (non-hydrogen) atoms. The highest BCUT2D eigenvalue weighted by Gasteiger charge is 2.07. The summed E-state index contributed by atoms with van der Waals surface area (Å²) in [4.78, 5) is 1.25. The van der Waals surface area contributed by atoms with Crippen LogP contribution >= 0.6 is 45.5 Å². The van der Waals surface area contributed by atoms with Crippen LogP contribution in [-0.2, 0) is 0 Å². The molecule has 2 aromatic rings. The standard InChI is InChI=1S/C12H11ClINS/c1-8(11-6-7-12(13)16-11)15-10-4-2-9(14)3-5-10/h2-8,15H,1H3. The van der Waals surface area contributed by atoms with E-state index in [-0.39, 0.29) is 6.04 Å². The highest BCUT2D eigenvalue weighted by molar-refractivity contribution is 14.1. The van der Waals surface area contributed by atoms with E-state index in [1.165, 1.54) is 8.45 Å². The van der Waals surface area contributed by atoms with Crippen LogP contribution in [0.1, 0.15) is 17.8 Å². The second-order valence-electron chi connectivity index (χ2n) is 3.51. The predicted molar refractivity (Wildman–Crippen MR) is 80.5 cm³/mol. The Morgan fingerprint density at radius 1 is 1.19 bits per heavy atom. The molecular formula is C12H11ClINS. The van der Waals surface area contributed by atoms with Gasteiger partial charge >= 0.3 is 0 Å². The van der Waals surface area contributed by atoms with Gasteiger partial charge in [0.15, 0.2) is 0 Å². The van der Waals surface area contributed by atoms with E-state index < -0.39 is 0 Å². The van der Waals surface area contributed by atoms with Crippen LogP contribution in [0.3, 0.4) is 0 Å². The Morgan fingerprint density at radius 3 is 2.44 bits per heavy atom. The Labute approximate surface area is 118 Å². The normalized spacial score (nSPS) is 12.4. The Balaban J connectivity index is 2.07. The van der Waals surface area contributed by atoms with Gasteiger partial charge in [0.2, 0.25) is 0 Å². The van der Waals surface area contributed by atoms with Crippen molar-refractivity contribution in [1.29, 1.82) is 0 Å². The number of anilines is 1. The quantitative estimate of drug-likeness (QED) is 0.741. The molecule has 0 aliphatic heterocycles. The van der Waals surface area contributed by atoms with E-state index in [0.29, 0.717) is 0 Å². The molecule has 1 nitrogen and oxygen atoms in total. The van der Waals surface area contributed by atoms with Crippen LogP contribution in [0.25, 0.3) is 0 Å². The average Bonchev–Trinajstić information content (AvgIpc) is 2.68. The molecule has 0 fully saturated rings. The molecule has 1 unspecified atom stereocenters. The Bertz CT molecular complexity index is 466. The van der Waals surface area contributed by atoms with Crippen LogP contribution in [0.15, 0.2) is 36.4 Å². The molecular weight excluding hydrogens is 353 g/mol. The van der Waals surface area contributed by atoms with Crippen molar-refractivity contribution in [1.82, 2.24) is 0 Å². The molecule has 1 aromatic heterocycles. The molecule has 2 rings (SSSR count). The van der Waals surface area contributed by atoms with Crippen LogP contribution in [0.2, 0.25) is 4.34 Å². The highest BCUT2D eigenvalue weighted by Crippen LogP contribution is 2.28. The lowest BCUT2D eigenvalue weighted by Crippen LogP contribution is -2.04. The molecule has 0 saturated heterocycles. The van der Waals surface area contributed by atoms with Crippen molar-refractivity contribution < 1.29 is 0 Å². The fraction of sp³-hybridized carbons (Fsp3) is 0.167. The minimum Gasteiger partial charge on any atom is -0.378 e. The number of rotatable bonds is 3. The second kappa shape index (κ2) is 5.38. The molecule has 1 atom stereocenters. The summed E-state index contributed by atoms with van der Waals surface area (Å²) in [5.41, 5.74) is 1.14. The zero-order valence-corrected chi connectivity index (χ0v) is 12.4. The van der Waals surface area contributed by atoms with E-state index in [1.807, 2.05) is 6.07 Å². The maximum absolute atomic E-state index is 5.92. The number of nitrogens with one attached hydrogen (secondary N) is 1. The first kappa shape index (κ1) is 12.2. The first-order chi connectivity index (χ1) is 7.65. The molecule has 0 aliphatic carbocycles. The van der Waals surface area contributed by atoms with Gasteiger partial charge in [-0.3, -0.25) is 0 Å². The largest absolute Gasteiger partial charge is 0.378 e. The molecule has 1 heterocycles. The van der Waals surface area contributed by atoms with Crippen LogP contribution in [0.5, 0.6) is 0 Å². The molecule has 0 saturated carbocycles. The van der Waals surface area contributed by atoms with Gasteiger partial charge in [0.05, 0.1) is 10.4 Å². The number of thiophene rings is 1. The van der Waals surface area contributed by atoms with Crippen molar-refractivity contribution >= 4 is 51.2 Å². The lowest BCUT2D eigenvalue weighted by Gasteiger charge is -2.13. The summed E-state index contributed by atoms with van der Waals surface area (Å²) in [5, 5.41) is 3.45. The lowest BCUT2D eigenvalue weighted by atomic mass is 10.2. The first-order valence-corrected chi connectivity index (χ1v) is 7.20. The van der Waals surface area contributed by atoms with E-state index in [4.69, 9.17) is 11.6 Å². The molecule has 1 N–H and O–H groups in total. The summed E-state index contributed by atoms with van der Waals surface area (Å²) in [6.45, 7) is 2.14. The van der Waals surface area contributed by atoms with Gasteiger partial charge in [0, 0.05) is 14.1 Å². The van der Waals surface area contributed by atoms with Crippen LogP contribution in [0.4, 0.5) is 5.69 Å². The predicted octanol–water partition coefficient (Wildman–Crippen LogP) is 5.18. The summed E-state index contributed by atoms with van der Waals surface area (Å²) in [5.74, 6) is 0. The van der Waals surface area contributed by atoms with Gasteiger partial charge in [-0.1, -0.05) is 11.6 Å². The zero-order valence-electron chi connectivity index (χ0n) is 8.71. The van der Waals surface area contributed by atoms with E-state index in [2.05, 4.69) is 65.2 Å². The van der Waals surface area contributed by atoms with Crippen LogP contribution < -0.4 is 5.32 Å². The Kier molecular flexibility index (Phi) is 4.10. The molecule has 0 bridgehead atoms. The highest BCUT2D eigenvalue weighted by atomic mass is 127. The van der Waals surface area contributed by atoms with E-state index in [0.717, 1.165) is 10.0 Å². The Morgan fingerprint density at radius 2 is 1.88 bits per heavy atom. The average molecular weight is 364 g/mol. The summed E-state index contributed by atoms with van der Waals surface area (Å²) < 4.78 is 2.08. The summed E-state index contributed by atoms with van der Waals surface area (Å²) in [6.07, 6.45) is 0. The molecule has 84 valence electrons. The molecule has 0 aliphatic rings. The molecule has 0 spiro atoms. The van der Waals surface area contributed by atoms with Crippen LogP contribution in [-0.4, -0.2) is 0 Å². The second-order valence-corrected chi connectivity index (χ2v) is 6.51. The smallest absolute Gasteiger partial charge is 0.0932 e. The third-order valence-electron chi connectivity index (χ3n) is 2.25. The minimum atomic E-state index is 0.289. The first-order valence-electron chi connectivity index (χ1n) is 4.92. The molecule has 0 amide bonds. The van der Waals surface area contributed by atoms with Crippen molar-refractivity contribution in [3.63, 3.8) is 0 Å². The lowest BCUT2D eigenvalue weighted by molar-refractivity contribution is 0.908. The van der Waals surface area contributed by atoms with Crippen molar-refractivity contribution in [3.05, 3.63) is 49.2 Å². The number of benzene rings is 1. The molecule has 4 heteroatoms. The fourth-order valence-electron chi connectivity index (χ4n) is 1.43. The van der Waals surface area contributed by atoms with E-state index >= 15 is 0 Å². The third-order valence-corrected chi connectivity index (χ3v) is 4.38. The van der Waals surface area contributed by atoms with Gasteiger partial charge in [0.1, 0.15) is 0 Å². The number of halogens is 2. The Hall–Kier alpha value is -0.260. The van der Waals surface area contributed by atoms with E-state index in [9.17, 15) is 0 Å². The maximum Gasteiger partial charge on any atom is 0.0932 e. The van der Waals surface area contributed by atoms with Crippen molar-refractivity contribution in [3.8, 4) is 0 Å². The van der Waals surface area contributed by atoms with Crippen molar-refractivity contribution in [2.24, 2.45) is 0 Å². The minimum absolute atomic E-state index is 0.289. The zero-order chi connectivity index (χ0) is 11.5. The fourth-order valence-corrected chi connectivity index (χ4v) is 2.85. The van der Waals surface area contributed by atoms with Gasteiger partial charge < -0.3 is 5.32 Å². The molecule has 0 radical (unpaired) electrons. The summed E-state index contributed by atoms with van der Waals surface area (Å²) in [6, 6.07) is 12.7. The molecule has 1 aromatic carbocycles. The third kappa shape index (κ3) is 3.12. The van der Waals surface area contributed by atoms with Gasteiger partial charge in [-0.05, 0) is 65.9 Å². The number of hydrogen-bond acceptors (Lipinski definition) is 2. The SMILES string of the molecule is CC(Nc1ccc(I)cc1)c1ccc(Cl)s1. The maximum atomic E-state index is 5.92.